The standard InChI is InChI=1S/C20H26N2O4S/c1-13-19(21-18-5-3-2-4-17(18)20(13)23)12-26-15-8-6-14(7-9-15)22-27(24,25)16-10-11-16/h2-5,14-16,22H,6-12H2,1H3,(H,21,23). The predicted molar refractivity (Wildman–Crippen MR) is 105 cm³/mol. The van der Waals surface area contributed by atoms with Gasteiger partial charge in [0.25, 0.3) is 0 Å². The van der Waals surface area contributed by atoms with Crippen LogP contribution in [0.5, 0.6) is 0 Å². The molecule has 2 aliphatic carbocycles. The molecule has 6 nitrogen and oxygen atoms in total. The number of aromatic nitrogens is 1. The molecule has 0 spiro atoms. The average molecular weight is 391 g/mol. The lowest BCUT2D eigenvalue weighted by molar-refractivity contribution is 0.0111. The number of ether oxygens (including phenoxy) is 1. The molecule has 0 bridgehead atoms. The quantitative estimate of drug-likeness (QED) is 0.794. The molecule has 4 rings (SSSR count). The Morgan fingerprint density at radius 1 is 1.11 bits per heavy atom. The summed E-state index contributed by atoms with van der Waals surface area (Å²) >= 11 is 0. The van der Waals surface area contributed by atoms with E-state index in [1.165, 1.54) is 0 Å². The van der Waals surface area contributed by atoms with Crippen LogP contribution in [0.3, 0.4) is 0 Å². The smallest absolute Gasteiger partial charge is 0.214 e. The van der Waals surface area contributed by atoms with Crippen LogP contribution >= 0.6 is 0 Å². The van der Waals surface area contributed by atoms with Crippen LogP contribution < -0.4 is 10.2 Å². The summed E-state index contributed by atoms with van der Waals surface area (Å²) in [6.07, 6.45) is 4.92. The van der Waals surface area contributed by atoms with E-state index in [0.29, 0.717) is 17.6 Å². The van der Waals surface area contributed by atoms with E-state index in [1.807, 2.05) is 31.2 Å². The van der Waals surface area contributed by atoms with Gasteiger partial charge < -0.3 is 9.72 Å². The van der Waals surface area contributed by atoms with E-state index < -0.39 is 10.0 Å². The Morgan fingerprint density at radius 2 is 1.81 bits per heavy atom. The molecule has 0 aliphatic heterocycles. The van der Waals surface area contributed by atoms with E-state index >= 15 is 0 Å². The van der Waals surface area contributed by atoms with E-state index in [4.69, 9.17) is 4.74 Å². The molecule has 27 heavy (non-hydrogen) atoms. The lowest BCUT2D eigenvalue weighted by Gasteiger charge is -2.29. The highest BCUT2D eigenvalue weighted by molar-refractivity contribution is 7.90. The van der Waals surface area contributed by atoms with Crippen molar-refractivity contribution in [3.8, 4) is 0 Å². The second-order valence-corrected chi connectivity index (χ2v) is 9.74. The van der Waals surface area contributed by atoms with Crippen molar-refractivity contribution in [3.05, 3.63) is 45.7 Å². The van der Waals surface area contributed by atoms with Crippen molar-refractivity contribution in [1.82, 2.24) is 9.71 Å². The summed E-state index contributed by atoms with van der Waals surface area (Å²) in [6, 6.07) is 7.52. The molecular weight excluding hydrogens is 364 g/mol. The van der Waals surface area contributed by atoms with Crippen LogP contribution in [-0.2, 0) is 21.4 Å². The molecule has 1 heterocycles. The third-order valence-electron chi connectivity index (χ3n) is 5.68. The van der Waals surface area contributed by atoms with Gasteiger partial charge in [-0.3, -0.25) is 4.79 Å². The largest absolute Gasteiger partial charge is 0.372 e. The van der Waals surface area contributed by atoms with Gasteiger partial charge in [-0.25, -0.2) is 13.1 Å². The van der Waals surface area contributed by atoms with Crippen LogP contribution in [0, 0.1) is 6.92 Å². The van der Waals surface area contributed by atoms with Gasteiger partial charge in [-0.2, -0.15) is 0 Å². The summed E-state index contributed by atoms with van der Waals surface area (Å²) in [7, 11) is -3.12. The van der Waals surface area contributed by atoms with Crippen LogP contribution in [-0.4, -0.2) is 30.8 Å². The monoisotopic (exact) mass is 390 g/mol. The maximum atomic E-state index is 12.5. The second-order valence-electron chi connectivity index (χ2n) is 7.75. The van der Waals surface area contributed by atoms with Gasteiger partial charge in [0.1, 0.15) is 0 Å². The Kier molecular flexibility index (Phi) is 5.09. The fourth-order valence-corrected chi connectivity index (χ4v) is 5.43. The number of nitrogens with one attached hydrogen (secondary N) is 2. The van der Waals surface area contributed by atoms with E-state index in [0.717, 1.165) is 49.7 Å². The summed E-state index contributed by atoms with van der Waals surface area (Å²) in [5, 5.41) is 0.529. The molecule has 2 fully saturated rings. The molecule has 0 amide bonds. The van der Waals surface area contributed by atoms with Crippen LogP contribution in [0.1, 0.15) is 49.8 Å². The molecule has 0 saturated heterocycles. The Labute approximate surface area is 159 Å². The zero-order valence-corrected chi connectivity index (χ0v) is 16.3. The van der Waals surface area contributed by atoms with Gasteiger partial charge in [0.2, 0.25) is 10.0 Å². The minimum atomic E-state index is -3.12. The number of fused-ring (bicyclic) bond motifs is 1. The fourth-order valence-electron chi connectivity index (χ4n) is 3.79. The number of para-hydroxylation sites is 1. The first-order chi connectivity index (χ1) is 12.9. The lowest BCUT2D eigenvalue weighted by atomic mass is 9.94. The van der Waals surface area contributed by atoms with Crippen molar-refractivity contribution in [2.45, 2.75) is 69.5 Å². The maximum absolute atomic E-state index is 12.5. The number of H-pyrrole nitrogens is 1. The van der Waals surface area contributed by atoms with Crippen LogP contribution in [0.15, 0.2) is 29.1 Å². The summed E-state index contributed by atoms with van der Waals surface area (Å²) in [5.41, 5.74) is 2.38. The number of aromatic amines is 1. The van der Waals surface area contributed by atoms with Gasteiger partial charge >= 0.3 is 0 Å². The molecule has 7 heteroatoms. The van der Waals surface area contributed by atoms with Crippen molar-refractivity contribution >= 4 is 20.9 Å². The number of hydrogen-bond donors (Lipinski definition) is 2. The van der Waals surface area contributed by atoms with E-state index in [1.54, 1.807) is 0 Å². The first-order valence-electron chi connectivity index (χ1n) is 9.67. The number of hydrogen-bond acceptors (Lipinski definition) is 4. The fraction of sp³-hybridized carbons (Fsp3) is 0.550. The van der Waals surface area contributed by atoms with Gasteiger partial charge in [0, 0.05) is 28.2 Å². The molecule has 2 N–H and O–H groups in total. The van der Waals surface area contributed by atoms with E-state index in [9.17, 15) is 13.2 Å². The molecule has 1 aromatic carbocycles. The normalized spacial score (nSPS) is 23.6. The predicted octanol–water partition coefficient (Wildman–Crippen LogP) is 2.75. The lowest BCUT2D eigenvalue weighted by Crippen LogP contribution is -2.40. The first kappa shape index (κ1) is 18.7. The Morgan fingerprint density at radius 3 is 2.52 bits per heavy atom. The molecular formula is C20H26N2O4S. The molecule has 146 valence electrons. The number of benzene rings is 1. The molecule has 2 saturated carbocycles. The van der Waals surface area contributed by atoms with Crippen molar-refractivity contribution < 1.29 is 13.2 Å². The maximum Gasteiger partial charge on any atom is 0.214 e. The van der Waals surface area contributed by atoms with Crippen molar-refractivity contribution in [3.63, 3.8) is 0 Å². The summed E-state index contributed by atoms with van der Waals surface area (Å²) in [6.45, 7) is 2.20. The zero-order valence-electron chi connectivity index (χ0n) is 15.5. The molecule has 2 aliphatic rings. The van der Waals surface area contributed by atoms with Crippen LogP contribution in [0.4, 0.5) is 0 Å². The highest BCUT2D eigenvalue weighted by atomic mass is 32.2. The minimum Gasteiger partial charge on any atom is -0.372 e. The van der Waals surface area contributed by atoms with Crippen molar-refractivity contribution in [2.75, 3.05) is 0 Å². The van der Waals surface area contributed by atoms with Crippen LogP contribution in [0.25, 0.3) is 10.9 Å². The summed E-state index contributed by atoms with van der Waals surface area (Å²) in [4.78, 5) is 15.8. The molecule has 2 aromatic rings. The minimum absolute atomic E-state index is 0.0256. The van der Waals surface area contributed by atoms with E-state index in [-0.39, 0.29) is 22.8 Å². The third-order valence-corrected chi connectivity index (χ3v) is 7.69. The molecule has 1 aromatic heterocycles. The zero-order chi connectivity index (χ0) is 19.0. The van der Waals surface area contributed by atoms with Gasteiger partial charge in [0.05, 0.1) is 18.0 Å². The Balaban J connectivity index is 1.34. The Hall–Kier alpha value is -1.70. The van der Waals surface area contributed by atoms with Crippen molar-refractivity contribution in [2.24, 2.45) is 0 Å². The molecule has 0 atom stereocenters. The molecule has 0 unspecified atom stereocenters. The summed E-state index contributed by atoms with van der Waals surface area (Å²) in [5.74, 6) is 0. The Bertz CT molecular complexity index is 987. The average Bonchev–Trinajstić information content (AvgIpc) is 3.50. The first-order valence-corrected chi connectivity index (χ1v) is 11.2. The van der Waals surface area contributed by atoms with Crippen LogP contribution in [0.2, 0.25) is 0 Å². The number of rotatable bonds is 6. The third kappa shape index (κ3) is 4.10. The number of sulfonamides is 1. The van der Waals surface area contributed by atoms with Crippen molar-refractivity contribution in [1.29, 1.82) is 0 Å². The van der Waals surface area contributed by atoms with Gasteiger partial charge in [-0.05, 0) is 57.6 Å². The highest BCUT2D eigenvalue weighted by Crippen LogP contribution is 2.30. The van der Waals surface area contributed by atoms with Gasteiger partial charge in [-0.1, -0.05) is 12.1 Å². The number of pyridine rings is 1. The van der Waals surface area contributed by atoms with E-state index in [2.05, 4.69) is 9.71 Å². The highest BCUT2D eigenvalue weighted by Gasteiger charge is 2.37. The second kappa shape index (κ2) is 7.37. The topological polar surface area (TPSA) is 88.3 Å². The summed E-state index contributed by atoms with van der Waals surface area (Å²) < 4.78 is 33.0. The van der Waals surface area contributed by atoms with Gasteiger partial charge in [-0.15, -0.1) is 0 Å². The molecule has 0 radical (unpaired) electrons. The van der Waals surface area contributed by atoms with Gasteiger partial charge in [0.15, 0.2) is 5.43 Å². The SMILES string of the molecule is Cc1c(COC2CCC(NS(=O)(=O)C3CC3)CC2)[nH]c2ccccc2c1=O.